The zero-order chi connectivity index (χ0) is 11.9. The maximum atomic E-state index is 6.35. The Hall–Kier alpha value is -0.860. The molecule has 1 aliphatic heterocycles. The fourth-order valence-corrected chi connectivity index (χ4v) is 2.10. The number of nitrogens with two attached hydrogens (primary N) is 1. The van der Waals surface area contributed by atoms with E-state index in [-0.39, 0.29) is 5.54 Å². The van der Waals surface area contributed by atoms with E-state index in [4.69, 9.17) is 5.73 Å². The molecule has 0 spiro atoms. The van der Waals surface area contributed by atoms with Crippen molar-refractivity contribution < 1.29 is 0 Å². The van der Waals surface area contributed by atoms with Crippen LogP contribution in [0.5, 0.6) is 0 Å². The summed E-state index contributed by atoms with van der Waals surface area (Å²) >= 11 is 0. The summed E-state index contributed by atoms with van der Waals surface area (Å²) in [7, 11) is 0. The quantitative estimate of drug-likeness (QED) is 0.803. The van der Waals surface area contributed by atoms with Crippen molar-refractivity contribution >= 4 is 0 Å². The van der Waals surface area contributed by atoms with Crippen molar-refractivity contribution in [3.63, 3.8) is 0 Å². The standard InChI is InChI=1S/C12H18N2.C2H6/c13-12(6-8-14-9-7-12)10-11-4-2-1-3-5-11;1-2/h1-5,14H,6-10,13H2;1-2H3. The monoisotopic (exact) mass is 220 g/mol. The lowest BCUT2D eigenvalue weighted by Gasteiger charge is -2.34. The minimum absolute atomic E-state index is 0.0204. The third-order valence-electron chi connectivity index (χ3n) is 3.00. The normalized spacial score (nSPS) is 18.4. The molecule has 3 N–H and O–H groups in total. The molecule has 2 heteroatoms. The first-order valence-corrected chi connectivity index (χ1v) is 6.32. The summed E-state index contributed by atoms with van der Waals surface area (Å²) in [5.41, 5.74) is 7.73. The van der Waals surface area contributed by atoms with Crippen molar-refractivity contribution in [1.29, 1.82) is 0 Å². The lowest BCUT2D eigenvalue weighted by Crippen LogP contribution is -2.50. The topological polar surface area (TPSA) is 38.0 Å². The molecule has 0 unspecified atom stereocenters. The minimum atomic E-state index is 0.0204. The predicted octanol–water partition coefficient (Wildman–Crippen LogP) is 2.34. The Bertz CT molecular complexity index is 276. The fourth-order valence-electron chi connectivity index (χ4n) is 2.10. The van der Waals surface area contributed by atoms with Crippen LogP contribution in [0, 0.1) is 0 Å². The molecule has 0 aromatic heterocycles. The molecule has 0 amide bonds. The van der Waals surface area contributed by atoms with Gasteiger partial charge in [0, 0.05) is 5.54 Å². The highest BCUT2D eigenvalue weighted by Crippen LogP contribution is 2.20. The number of rotatable bonds is 2. The van der Waals surface area contributed by atoms with E-state index < -0.39 is 0 Å². The molecular formula is C14H24N2. The highest BCUT2D eigenvalue weighted by Gasteiger charge is 2.27. The Kier molecular flexibility index (Phi) is 5.50. The molecule has 1 heterocycles. The van der Waals surface area contributed by atoms with Gasteiger partial charge in [0.25, 0.3) is 0 Å². The number of benzene rings is 1. The lowest BCUT2D eigenvalue weighted by atomic mass is 9.83. The van der Waals surface area contributed by atoms with E-state index in [2.05, 4.69) is 35.6 Å². The van der Waals surface area contributed by atoms with E-state index in [1.165, 1.54) is 5.56 Å². The summed E-state index contributed by atoms with van der Waals surface area (Å²) < 4.78 is 0. The summed E-state index contributed by atoms with van der Waals surface area (Å²) in [4.78, 5) is 0. The van der Waals surface area contributed by atoms with Gasteiger partial charge >= 0.3 is 0 Å². The Morgan fingerprint density at radius 2 is 1.69 bits per heavy atom. The third-order valence-corrected chi connectivity index (χ3v) is 3.00. The van der Waals surface area contributed by atoms with Crippen LogP contribution in [0.3, 0.4) is 0 Å². The maximum absolute atomic E-state index is 6.35. The van der Waals surface area contributed by atoms with Gasteiger partial charge < -0.3 is 11.1 Å². The zero-order valence-electron chi connectivity index (χ0n) is 10.5. The molecule has 90 valence electrons. The summed E-state index contributed by atoms with van der Waals surface area (Å²) in [6.07, 6.45) is 3.18. The summed E-state index contributed by atoms with van der Waals surface area (Å²) in [5.74, 6) is 0. The molecule has 16 heavy (non-hydrogen) atoms. The highest BCUT2D eigenvalue weighted by molar-refractivity contribution is 5.18. The van der Waals surface area contributed by atoms with Gasteiger partial charge in [-0.1, -0.05) is 44.2 Å². The number of hydrogen-bond donors (Lipinski definition) is 2. The van der Waals surface area contributed by atoms with Gasteiger partial charge in [0.15, 0.2) is 0 Å². The Balaban J connectivity index is 0.000000606. The van der Waals surface area contributed by atoms with Crippen LogP contribution in [0.15, 0.2) is 30.3 Å². The summed E-state index contributed by atoms with van der Waals surface area (Å²) in [5, 5.41) is 3.35. The summed E-state index contributed by atoms with van der Waals surface area (Å²) in [6.45, 7) is 6.12. The van der Waals surface area contributed by atoms with Crippen LogP contribution < -0.4 is 11.1 Å². The van der Waals surface area contributed by atoms with E-state index in [9.17, 15) is 0 Å². The average Bonchev–Trinajstić information content (AvgIpc) is 2.33. The lowest BCUT2D eigenvalue weighted by molar-refractivity contribution is 0.308. The number of nitrogens with one attached hydrogen (secondary N) is 1. The van der Waals surface area contributed by atoms with Crippen molar-refractivity contribution in [2.45, 2.75) is 38.6 Å². The molecule has 1 aliphatic rings. The van der Waals surface area contributed by atoms with E-state index in [1.54, 1.807) is 0 Å². The second-order valence-corrected chi connectivity index (χ2v) is 4.27. The molecule has 0 atom stereocenters. The van der Waals surface area contributed by atoms with E-state index in [0.29, 0.717) is 0 Å². The van der Waals surface area contributed by atoms with Crippen LogP contribution in [0.1, 0.15) is 32.3 Å². The van der Waals surface area contributed by atoms with Crippen molar-refractivity contribution in [3.05, 3.63) is 35.9 Å². The maximum Gasteiger partial charge on any atom is 0.0219 e. The van der Waals surface area contributed by atoms with Crippen molar-refractivity contribution in [2.75, 3.05) is 13.1 Å². The van der Waals surface area contributed by atoms with E-state index >= 15 is 0 Å². The zero-order valence-corrected chi connectivity index (χ0v) is 10.5. The van der Waals surface area contributed by atoms with Crippen LogP contribution in [0.4, 0.5) is 0 Å². The smallest absolute Gasteiger partial charge is 0.0219 e. The predicted molar refractivity (Wildman–Crippen MR) is 70.5 cm³/mol. The van der Waals surface area contributed by atoms with Crippen LogP contribution >= 0.6 is 0 Å². The van der Waals surface area contributed by atoms with Gasteiger partial charge in [0.2, 0.25) is 0 Å². The molecule has 1 fully saturated rings. The largest absolute Gasteiger partial charge is 0.325 e. The highest BCUT2D eigenvalue weighted by atomic mass is 14.9. The van der Waals surface area contributed by atoms with Gasteiger partial charge in [-0.2, -0.15) is 0 Å². The Morgan fingerprint density at radius 1 is 1.12 bits per heavy atom. The second-order valence-electron chi connectivity index (χ2n) is 4.27. The molecule has 1 aromatic carbocycles. The molecule has 1 aromatic rings. The van der Waals surface area contributed by atoms with Gasteiger partial charge in [-0.05, 0) is 37.9 Å². The third kappa shape index (κ3) is 3.95. The molecule has 0 aliphatic carbocycles. The van der Waals surface area contributed by atoms with Gasteiger partial charge in [0.05, 0.1) is 0 Å². The minimum Gasteiger partial charge on any atom is -0.325 e. The van der Waals surface area contributed by atoms with Crippen LogP contribution in [-0.4, -0.2) is 18.6 Å². The first-order valence-electron chi connectivity index (χ1n) is 6.32. The van der Waals surface area contributed by atoms with Gasteiger partial charge in [-0.3, -0.25) is 0 Å². The Morgan fingerprint density at radius 3 is 2.25 bits per heavy atom. The van der Waals surface area contributed by atoms with Crippen molar-refractivity contribution in [1.82, 2.24) is 5.32 Å². The average molecular weight is 220 g/mol. The van der Waals surface area contributed by atoms with E-state index in [0.717, 1.165) is 32.4 Å². The molecular weight excluding hydrogens is 196 g/mol. The fraction of sp³-hybridized carbons (Fsp3) is 0.571. The molecule has 2 rings (SSSR count). The molecule has 0 saturated carbocycles. The Labute approximate surface area is 99.2 Å². The van der Waals surface area contributed by atoms with Gasteiger partial charge in [0.1, 0.15) is 0 Å². The molecule has 0 radical (unpaired) electrons. The van der Waals surface area contributed by atoms with Gasteiger partial charge in [-0.15, -0.1) is 0 Å². The SMILES string of the molecule is CC.NC1(Cc2ccccc2)CCNCC1. The van der Waals surface area contributed by atoms with Crippen molar-refractivity contribution in [3.8, 4) is 0 Å². The first kappa shape index (κ1) is 13.2. The number of piperidine rings is 1. The van der Waals surface area contributed by atoms with Crippen LogP contribution in [0.2, 0.25) is 0 Å². The van der Waals surface area contributed by atoms with E-state index in [1.807, 2.05) is 13.8 Å². The number of hydrogen-bond acceptors (Lipinski definition) is 2. The second kappa shape index (κ2) is 6.66. The molecule has 0 bridgehead atoms. The van der Waals surface area contributed by atoms with Crippen LogP contribution in [0.25, 0.3) is 0 Å². The molecule has 1 saturated heterocycles. The molecule has 2 nitrogen and oxygen atoms in total. The first-order chi connectivity index (χ1) is 7.79. The van der Waals surface area contributed by atoms with Gasteiger partial charge in [-0.25, -0.2) is 0 Å². The van der Waals surface area contributed by atoms with Crippen LogP contribution in [-0.2, 0) is 6.42 Å². The summed E-state index contributed by atoms with van der Waals surface area (Å²) in [6, 6.07) is 10.5. The van der Waals surface area contributed by atoms with Crippen molar-refractivity contribution in [2.24, 2.45) is 5.73 Å².